The summed E-state index contributed by atoms with van der Waals surface area (Å²) < 4.78 is 0. The minimum atomic E-state index is -0.435. The van der Waals surface area contributed by atoms with Gasteiger partial charge in [-0.05, 0) is 12.1 Å². The van der Waals surface area contributed by atoms with Crippen molar-refractivity contribution in [3.8, 4) is 24.2 Å². The molecule has 0 radical (unpaired) electrons. The number of hydrogen-bond donors (Lipinski definition) is 0. The maximum Gasteiger partial charge on any atom is 0.269 e. The second-order valence-electron chi connectivity index (χ2n) is 2.81. The molecule has 0 amide bonds. The predicted molar refractivity (Wildman–Crippen MR) is 58.0 cm³/mol. The van der Waals surface area contributed by atoms with Gasteiger partial charge in [0.15, 0.2) is 0 Å². The van der Waals surface area contributed by atoms with Gasteiger partial charge in [0.25, 0.3) is 5.69 Å². The van der Waals surface area contributed by atoms with E-state index in [2.05, 4.69) is 17.8 Å². The SMILES string of the molecule is C#CCCC#Cc1ccc([N+](=O)[O-])cc1. The van der Waals surface area contributed by atoms with Crippen LogP contribution in [0.5, 0.6) is 0 Å². The lowest BCUT2D eigenvalue weighted by Gasteiger charge is -1.90. The van der Waals surface area contributed by atoms with Gasteiger partial charge in [-0.15, -0.1) is 12.3 Å². The molecule has 0 saturated carbocycles. The second-order valence-corrected chi connectivity index (χ2v) is 2.81. The van der Waals surface area contributed by atoms with Crippen LogP contribution in [0.2, 0.25) is 0 Å². The molecule has 0 aromatic heterocycles. The third-order valence-corrected chi connectivity index (χ3v) is 1.71. The molecule has 3 heteroatoms. The van der Waals surface area contributed by atoms with E-state index in [1.165, 1.54) is 12.1 Å². The van der Waals surface area contributed by atoms with E-state index in [4.69, 9.17) is 6.42 Å². The van der Waals surface area contributed by atoms with Crippen molar-refractivity contribution in [1.29, 1.82) is 0 Å². The zero-order valence-electron chi connectivity index (χ0n) is 8.06. The number of nitrogens with zero attached hydrogens (tertiary/aromatic N) is 1. The summed E-state index contributed by atoms with van der Waals surface area (Å²) >= 11 is 0. The number of unbranched alkanes of at least 4 members (excludes halogenated alkanes) is 1. The minimum Gasteiger partial charge on any atom is -0.258 e. The maximum absolute atomic E-state index is 10.4. The molecule has 0 heterocycles. The van der Waals surface area contributed by atoms with Crippen molar-refractivity contribution in [1.82, 2.24) is 0 Å². The first kappa shape index (κ1) is 10.8. The molecule has 74 valence electrons. The summed E-state index contributed by atoms with van der Waals surface area (Å²) in [4.78, 5) is 9.92. The molecule has 1 aromatic rings. The predicted octanol–water partition coefficient (Wildman–Crippen LogP) is 2.36. The number of non-ortho nitro benzene ring substituents is 1. The molecule has 0 aliphatic carbocycles. The number of nitro benzene ring substituents is 1. The standard InChI is InChI=1S/C12H9NO2/c1-2-3-4-5-6-11-7-9-12(10-8-11)13(14)15/h1,7-10H,3-4H2. The third-order valence-electron chi connectivity index (χ3n) is 1.71. The van der Waals surface area contributed by atoms with E-state index in [0.29, 0.717) is 12.8 Å². The van der Waals surface area contributed by atoms with Crippen LogP contribution in [-0.2, 0) is 0 Å². The molecule has 0 N–H and O–H groups in total. The van der Waals surface area contributed by atoms with Crippen LogP contribution in [0.15, 0.2) is 24.3 Å². The molecule has 0 aliphatic rings. The molecular weight excluding hydrogens is 190 g/mol. The number of hydrogen-bond acceptors (Lipinski definition) is 2. The van der Waals surface area contributed by atoms with Crippen LogP contribution >= 0.6 is 0 Å². The summed E-state index contributed by atoms with van der Waals surface area (Å²) in [6, 6.07) is 6.12. The molecule has 15 heavy (non-hydrogen) atoms. The van der Waals surface area contributed by atoms with Crippen LogP contribution in [0.1, 0.15) is 18.4 Å². The van der Waals surface area contributed by atoms with Crippen LogP contribution in [0, 0.1) is 34.3 Å². The van der Waals surface area contributed by atoms with E-state index < -0.39 is 4.92 Å². The van der Waals surface area contributed by atoms with Crippen molar-refractivity contribution >= 4 is 5.69 Å². The van der Waals surface area contributed by atoms with Crippen LogP contribution in [0.3, 0.4) is 0 Å². The zero-order valence-corrected chi connectivity index (χ0v) is 8.06. The van der Waals surface area contributed by atoms with Gasteiger partial charge in [-0.1, -0.05) is 11.8 Å². The Morgan fingerprint density at radius 2 is 1.93 bits per heavy atom. The molecule has 0 aliphatic heterocycles. The molecule has 0 spiro atoms. The summed E-state index contributed by atoms with van der Waals surface area (Å²) in [6.07, 6.45) is 6.34. The fraction of sp³-hybridized carbons (Fsp3) is 0.167. The van der Waals surface area contributed by atoms with Crippen LogP contribution in [-0.4, -0.2) is 4.92 Å². The first-order valence-corrected chi connectivity index (χ1v) is 4.41. The second kappa shape index (κ2) is 5.47. The number of rotatable bonds is 2. The highest BCUT2D eigenvalue weighted by atomic mass is 16.6. The molecular formula is C12H9NO2. The largest absolute Gasteiger partial charge is 0.269 e. The smallest absolute Gasteiger partial charge is 0.258 e. The number of nitro groups is 1. The summed E-state index contributed by atoms with van der Waals surface area (Å²) in [6.45, 7) is 0. The Bertz CT molecular complexity index is 443. The monoisotopic (exact) mass is 199 g/mol. The van der Waals surface area contributed by atoms with Gasteiger partial charge in [0, 0.05) is 30.5 Å². The summed E-state index contributed by atoms with van der Waals surface area (Å²) in [5, 5.41) is 10.4. The average molecular weight is 199 g/mol. The first-order valence-electron chi connectivity index (χ1n) is 4.41. The fourth-order valence-corrected chi connectivity index (χ4v) is 0.966. The lowest BCUT2D eigenvalue weighted by Crippen LogP contribution is -1.86. The summed E-state index contributed by atoms with van der Waals surface area (Å²) in [5.74, 6) is 8.25. The van der Waals surface area contributed by atoms with Gasteiger partial charge in [0.2, 0.25) is 0 Å². The Hall–Kier alpha value is -2.26. The Labute approximate surface area is 88.3 Å². The van der Waals surface area contributed by atoms with E-state index in [1.807, 2.05) is 0 Å². The van der Waals surface area contributed by atoms with Crippen molar-refractivity contribution < 1.29 is 4.92 Å². The van der Waals surface area contributed by atoms with Gasteiger partial charge in [-0.3, -0.25) is 10.1 Å². The molecule has 0 fully saturated rings. The average Bonchev–Trinajstić information content (AvgIpc) is 2.25. The van der Waals surface area contributed by atoms with Gasteiger partial charge >= 0.3 is 0 Å². The topological polar surface area (TPSA) is 43.1 Å². The third kappa shape index (κ3) is 3.54. The normalized spacial score (nSPS) is 8.47. The molecule has 3 nitrogen and oxygen atoms in total. The van der Waals surface area contributed by atoms with E-state index >= 15 is 0 Å². The Morgan fingerprint density at radius 1 is 1.27 bits per heavy atom. The Kier molecular flexibility index (Phi) is 3.94. The van der Waals surface area contributed by atoms with Gasteiger partial charge in [0.05, 0.1) is 4.92 Å². The van der Waals surface area contributed by atoms with Crippen molar-refractivity contribution in [3.05, 3.63) is 39.9 Å². The van der Waals surface area contributed by atoms with E-state index in [9.17, 15) is 10.1 Å². The van der Waals surface area contributed by atoms with Gasteiger partial charge in [-0.25, -0.2) is 0 Å². The Balaban J connectivity index is 2.68. The van der Waals surface area contributed by atoms with Crippen LogP contribution in [0.4, 0.5) is 5.69 Å². The highest BCUT2D eigenvalue weighted by Gasteiger charge is 2.01. The molecule has 0 atom stereocenters. The van der Waals surface area contributed by atoms with Crippen LogP contribution < -0.4 is 0 Å². The van der Waals surface area contributed by atoms with E-state index in [1.54, 1.807) is 12.1 Å². The lowest BCUT2D eigenvalue weighted by atomic mass is 10.2. The summed E-state index contributed by atoms with van der Waals surface area (Å²) in [7, 11) is 0. The fourth-order valence-electron chi connectivity index (χ4n) is 0.966. The first-order chi connectivity index (χ1) is 7.24. The van der Waals surface area contributed by atoms with E-state index in [-0.39, 0.29) is 5.69 Å². The van der Waals surface area contributed by atoms with Gasteiger partial charge in [0.1, 0.15) is 0 Å². The van der Waals surface area contributed by atoms with Gasteiger partial charge in [-0.2, -0.15) is 0 Å². The minimum absolute atomic E-state index is 0.0733. The van der Waals surface area contributed by atoms with Crippen molar-refractivity contribution in [2.45, 2.75) is 12.8 Å². The molecule has 0 bridgehead atoms. The quantitative estimate of drug-likeness (QED) is 0.317. The Morgan fingerprint density at radius 3 is 2.47 bits per heavy atom. The number of benzene rings is 1. The van der Waals surface area contributed by atoms with Crippen molar-refractivity contribution in [2.75, 3.05) is 0 Å². The zero-order chi connectivity index (χ0) is 11.1. The van der Waals surface area contributed by atoms with Crippen LogP contribution in [0.25, 0.3) is 0 Å². The maximum atomic E-state index is 10.4. The van der Waals surface area contributed by atoms with E-state index in [0.717, 1.165) is 5.56 Å². The highest BCUT2D eigenvalue weighted by Crippen LogP contribution is 2.10. The summed E-state index contributed by atoms with van der Waals surface area (Å²) in [5.41, 5.74) is 0.835. The molecule has 1 aromatic carbocycles. The molecule has 0 unspecified atom stereocenters. The molecule has 1 rings (SSSR count). The highest BCUT2D eigenvalue weighted by molar-refractivity contribution is 5.41. The molecule has 0 saturated heterocycles. The lowest BCUT2D eigenvalue weighted by molar-refractivity contribution is -0.384. The van der Waals surface area contributed by atoms with Gasteiger partial charge < -0.3 is 0 Å². The van der Waals surface area contributed by atoms with Crippen molar-refractivity contribution in [2.24, 2.45) is 0 Å². The van der Waals surface area contributed by atoms with Crippen molar-refractivity contribution in [3.63, 3.8) is 0 Å². The number of terminal acetylenes is 1.